The second kappa shape index (κ2) is 7.61. The first-order valence-electron chi connectivity index (χ1n) is 10.8. The minimum absolute atomic E-state index is 0.530. The van der Waals surface area contributed by atoms with E-state index in [0.717, 1.165) is 39.9 Å². The van der Waals surface area contributed by atoms with Gasteiger partial charge in [0, 0.05) is 35.8 Å². The third-order valence-electron chi connectivity index (χ3n) is 6.29. The molecule has 4 nitrogen and oxygen atoms in total. The molecule has 2 aliphatic heterocycles. The lowest BCUT2D eigenvalue weighted by atomic mass is 9.92. The number of quaternary nitrogens is 1. The number of nitrogens with two attached hydrogens (primary N) is 1. The maximum absolute atomic E-state index is 6.52. The lowest BCUT2D eigenvalue weighted by molar-refractivity contribution is -0.667. The van der Waals surface area contributed by atoms with Crippen molar-refractivity contribution in [3.8, 4) is 22.6 Å². The van der Waals surface area contributed by atoms with Gasteiger partial charge in [-0.2, -0.15) is 0 Å². The van der Waals surface area contributed by atoms with Crippen molar-refractivity contribution in [3.05, 3.63) is 72.8 Å². The van der Waals surface area contributed by atoms with Crippen molar-refractivity contribution in [2.45, 2.75) is 18.9 Å². The van der Waals surface area contributed by atoms with Crippen LogP contribution in [0.15, 0.2) is 72.8 Å². The zero-order valence-corrected chi connectivity index (χ0v) is 18.8. The summed E-state index contributed by atoms with van der Waals surface area (Å²) in [6, 6.07) is 25.7. The molecule has 3 N–H and O–H groups in total. The summed E-state index contributed by atoms with van der Waals surface area (Å²) in [6.07, 6.45) is 2.45. The predicted molar refractivity (Wildman–Crippen MR) is 130 cm³/mol. The summed E-state index contributed by atoms with van der Waals surface area (Å²) in [5.74, 6) is 1.58. The first-order chi connectivity index (χ1) is 15.2. The van der Waals surface area contributed by atoms with Gasteiger partial charge in [-0.1, -0.05) is 60.7 Å². The minimum Gasteiger partial charge on any atom is -0.424 e. The van der Waals surface area contributed by atoms with Crippen LogP contribution in [-0.2, 0) is 11.8 Å². The van der Waals surface area contributed by atoms with E-state index in [1.165, 1.54) is 30.2 Å². The van der Waals surface area contributed by atoms with Crippen LogP contribution in [-0.4, -0.2) is 19.1 Å². The molecule has 0 aromatic heterocycles. The molecule has 0 amide bonds. The molecule has 0 radical (unpaired) electrons. The van der Waals surface area contributed by atoms with Crippen molar-refractivity contribution in [2.24, 2.45) is 0 Å². The predicted octanol–water partition coefficient (Wildman–Crippen LogP) is 4.97. The van der Waals surface area contributed by atoms with Gasteiger partial charge in [0.1, 0.15) is 11.5 Å². The molecule has 4 aromatic carbocycles. The van der Waals surface area contributed by atoms with Crippen LogP contribution in [0.4, 0.5) is 0 Å². The van der Waals surface area contributed by atoms with Crippen LogP contribution >= 0.6 is 6.64 Å². The van der Waals surface area contributed by atoms with E-state index in [-0.39, 0.29) is 0 Å². The monoisotopic (exact) mass is 447 g/mol. The highest BCUT2D eigenvalue weighted by Crippen LogP contribution is 2.56. The van der Waals surface area contributed by atoms with Crippen molar-refractivity contribution in [1.29, 1.82) is 0 Å². The molecular weight excluding hydrogens is 423 g/mol. The molecule has 4 aromatic rings. The summed E-state index contributed by atoms with van der Waals surface area (Å²) >= 11 is 6.01. The summed E-state index contributed by atoms with van der Waals surface area (Å²) in [7, 11) is 0. The van der Waals surface area contributed by atoms with E-state index in [0.29, 0.717) is 6.04 Å². The third kappa shape index (κ3) is 3.42. The van der Waals surface area contributed by atoms with Gasteiger partial charge in [-0.25, -0.2) is 5.09 Å². The van der Waals surface area contributed by atoms with E-state index < -0.39 is 6.64 Å². The number of rotatable bonds is 3. The Morgan fingerprint density at radius 3 is 1.97 bits per heavy atom. The van der Waals surface area contributed by atoms with Crippen LogP contribution in [0.5, 0.6) is 11.5 Å². The van der Waals surface area contributed by atoms with Crippen LogP contribution in [0.1, 0.15) is 12.8 Å². The summed E-state index contributed by atoms with van der Waals surface area (Å²) in [4.78, 5) is 0. The van der Waals surface area contributed by atoms with Crippen LogP contribution in [0.3, 0.4) is 0 Å². The Labute approximate surface area is 186 Å². The largest absolute Gasteiger partial charge is 0.424 e. The number of fused-ring (bicyclic) bond motifs is 7. The quantitative estimate of drug-likeness (QED) is 0.436. The highest BCUT2D eigenvalue weighted by Gasteiger charge is 2.33. The highest BCUT2D eigenvalue weighted by atomic mass is 32.5. The van der Waals surface area contributed by atoms with Crippen LogP contribution in [0.2, 0.25) is 0 Å². The summed E-state index contributed by atoms with van der Waals surface area (Å²) in [5.41, 5.74) is 2.12. The molecule has 0 aliphatic carbocycles. The second-order valence-electron chi connectivity index (χ2n) is 8.29. The molecule has 31 heavy (non-hydrogen) atoms. The Balaban J connectivity index is 1.57. The van der Waals surface area contributed by atoms with Crippen LogP contribution < -0.4 is 19.5 Å². The number of benzene rings is 4. The Hall–Kier alpha value is -2.43. The fourth-order valence-corrected chi connectivity index (χ4v) is 6.93. The first-order valence-corrected chi connectivity index (χ1v) is 13.5. The number of hydrogen-bond donors (Lipinski definition) is 2. The van der Waals surface area contributed by atoms with Crippen molar-refractivity contribution >= 4 is 40.0 Å². The van der Waals surface area contributed by atoms with E-state index in [1.54, 1.807) is 0 Å². The van der Waals surface area contributed by atoms with E-state index in [4.69, 9.17) is 20.9 Å². The zero-order valence-electron chi connectivity index (χ0n) is 17.1. The lowest BCUT2D eigenvalue weighted by Crippen LogP contribution is -2.88. The highest BCUT2D eigenvalue weighted by molar-refractivity contribution is 8.09. The number of hydrogen-bond acceptors (Lipinski definition) is 3. The topological polar surface area (TPSA) is 47.1 Å². The average Bonchev–Trinajstić information content (AvgIpc) is 3.27. The van der Waals surface area contributed by atoms with E-state index in [1.807, 2.05) is 12.1 Å². The van der Waals surface area contributed by atoms with Gasteiger partial charge in [0.2, 0.25) is 0 Å². The molecule has 2 heterocycles. The normalized spacial score (nSPS) is 19.3. The van der Waals surface area contributed by atoms with Crippen molar-refractivity contribution in [2.75, 3.05) is 13.1 Å². The van der Waals surface area contributed by atoms with Gasteiger partial charge in [0.15, 0.2) is 0 Å². The molecule has 0 unspecified atom stereocenters. The molecular formula is C25H24N2O2PS+. The smallest absolute Gasteiger partial charge is 0.365 e. The molecule has 156 valence electrons. The summed E-state index contributed by atoms with van der Waals surface area (Å²) in [5, 5.41) is 10.5. The standard InChI is InChI=1S/C25H23N2O2PS/c31-30(27-16-19-8-5-15-26-19)28-22-13-11-17-6-1-3-9-20(17)24(22)25-21-10-4-2-7-18(21)12-14-23(25)29-30/h1-4,6-7,9-14,19,26H,5,8,15-16H2,(H,27,31)/p+1/t19-/m1/s1. The molecule has 1 fully saturated rings. The molecule has 2 aliphatic rings. The van der Waals surface area contributed by atoms with Crippen molar-refractivity contribution in [1.82, 2.24) is 5.09 Å². The van der Waals surface area contributed by atoms with Gasteiger partial charge in [-0.15, -0.1) is 0 Å². The molecule has 0 saturated carbocycles. The molecule has 1 atom stereocenters. The second-order valence-corrected chi connectivity index (χ2v) is 11.4. The zero-order chi connectivity index (χ0) is 20.8. The fourth-order valence-electron chi connectivity index (χ4n) is 4.78. The molecule has 6 rings (SSSR count). The lowest BCUT2D eigenvalue weighted by Gasteiger charge is -2.23. The average molecular weight is 448 g/mol. The Kier molecular flexibility index (Phi) is 4.73. The van der Waals surface area contributed by atoms with Gasteiger partial charge in [-0.05, 0) is 33.7 Å². The van der Waals surface area contributed by atoms with Crippen molar-refractivity contribution in [3.63, 3.8) is 0 Å². The van der Waals surface area contributed by atoms with Gasteiger partial charge in [0.05, 0.1) is 19.1 Å². The molecule has 1 saturated heterocycles. The Morgan fingerprint density at radius 1 is 0.839 bits per heavy atom. The summed E-state index contributed by atoms with van der Waals surface area (Å²) < 4.78 is 13.0. The van der Waals surface area contributed by atoms with E-state index >= 15 is 0 Å². The maximum atomic E-state index is 6.52. The number of nitrogens with one attached hydrogen (secondary N) is 1. The van der Waals surface area contributed by atoms with Crippen LogP contribution in [0.25, 0.3) is 32.7 Å². The molecule has 0 spiro atoms. The van der Waals surface area contributed by atoms with E-state index in [2.05, 4.69) is 71.1 Å². The van der Waals surface area contributed by atoms with Gasteiger partial charge < -0.3 is 14.4 Å². The molecule has 0 bridgehead atoms. The van der Waals surface area contributed by atoms with Gasteiger partial charge in [0.25, 0.3) is 0 Å². The van der Waals surface area contributed by atoms with E-state index in [9.17, 15) is 0 Å². The van der Waals surface area contributed by atoms with Crippen LogP contribution in [0, 0.1) is 0 Å². The minimum atomic E-state index is -2.77. The maximum Gasteiger partial charge on any atom is 0.365 e. The molecule has 6 heteroatoms. The Bertz CT molecular complexity index is 1260. The summed E-state index contributed by atoms with van der Waals surface area (Å²) in [6.45, 7) is -0.791. The Morgan fingerprint density at radius 2 is 1.42 bits per heavy atom. The van der Waals surface area contributed by atoms with Gasteiger partial charge in [-0.3, -0.25) is 0 Å². The SMILES string of the molecule is S=P1(NC[C@H]2CCC[NH2+]2)Oc2ccc3ccccc3c2-c2c(ccc3ccccc23)O1. The third-order valence-corrected chi connectivity index (χ3v) is 8.57. The van der Waals surface area contributed by atoms with Crippen molar-refractivity contribution < 1.29 is 14.4 Å². The first kappa shape index (κ1) is 19.3. The fraction of sp³-hybridized carbons (Fsp3) is 0.200. The van der Waals surface area contributed by atoms with Gasteiger partial charge >= 0.3 is 6.64 Å².